The Morgan fingerprint density at radius 1 is 1.12 bits per heavy atom. The molecule has 1 saturated carbocycles. The predicted octanol–water partition coefficient (Wildman–Crippen LogP) is 4.18. The van der Waals surface area contributed by atoms with E-state index in [0.29, 0.717) is 0 Å². The summed E-state index contributed by atoms with van der Waals surface area (Å²) >= 11 is 0. The standard InChI is InChI=1S/C22H26N2O2/c1-26-21-7-3-2-5-18(21)15-24-14-4-6-20(24)22(25)23-19-12-10-17(11-13-19)16-8-9-16/h2-3,5,7,10-13,16,20H,4,6,8-9,14-15H2,1H3,(H,23,25)/t20-/m1/s1. The first-order valence-electron chi connectivity index (χ1n) is 9.51. The van der Waals surface area contributed by atoms with Crippen molar-refractivity contribution in [3.05, 3.63) is 59.7 Å². The fourth-order valence-electron chi connectivity index (χ4n) is 3.85. The SMILES string of the molecule is COc1ccccc1CN1CCC[C@@H]1C(=O)Nc1ccc(C2CC2)cc1. The Bertz CT molecular complexity index is 768. The monoisotopic (exact) mass is 350 g/mol. The molecule has 0 radical (unpaired) electrons. The first-order chi connectivity index (χ1) is 12.7. The van der Waals surface area contributed by atoms with E-state index in [1.807, 2.05) is 30.3 Å². The molecule has 1 aliphatic carbocycles. The Kier molecular flexibility index (Phi) is 4.93. The van der Waals surface area contributed by atoms with Crippen molar-refractivity contribution in [1.82, 2.24) is 4.90 Å². The molecule has 1 amide bonds. The summed E-state index contributed by atoms with van der Waals surface area (Å²) in [5.41, 5.74) is 3.41. The van der Waals surface area contributed by atoms with Gasteiger partial charge in [0.2, 0.25) is 5.91 Å². The Balaban J connectivity index is 1.41. The van der Waals surface area contributed by atoms with Crippen molar-refractivity contribution < 1.29 is 9.53 Å². The number of methoxy groups -OCH3 is 1. The fraction of sp³-hybridized carbons (Fsp3) is 0.409. The predicted molar refractivity (Wildman–Crippen MR) is 103 cm³/mol. The van der Waals surface area contributed by atoms with E-state index in [1.165, 1.54) is 18.4 Å². The van der Waals surface area contributed by atoms with Crippen LogP contribution in [0.3, 0.4) is 0 Å². The first-order valence-corrected chi connectivity index (χ1v) is 9.51. The normalized spacial score (nSPS) is 20.1. The molecule has 0 bridgehead atoms. The molecular weight excluding hydrogens is 324 g/mol. The van der Waals surface area contributed by atoms with Crippen molar-refractivity contribution in [3.8, 4) is 5.75 Å². The van der Waals surface area contributed by atoms with Crippen molar-refractivity contribution in [2.75, 3.05) is 19.0 Å². The molecule has 1 N–H and O–H groups in total. The topological polar surface area (TPSA) is 41.6 Å². The van der Waals surface area contributed by atoms with E-state index in [-0.39, 0.29) is 11.9 Å². The van der Waals surface area contributed by atoms with Crippen molar-refractivity contribution in [3.63, 3.8) is 0 Å². The number of rotatable bonds is 6. The maximum absolute atomic E-state index is 12.8. The molecule has 1 aliphatic heterocycles. The minimum Gasteiger partial charge on any atom is -0.496 e. The van der Waals surface area contributed by atoms with E-state index >= 15 is 0 Å². The van der Waals surface area contributed by atoms with E-state index in [4.69, 9.17) is 4.74 Å². The average molecular weight is 350 g/mol. The van der Waals surface area contributed by atoms with Gasteiger partial charge in [0, 0.05) is 17.8 Å². The molecule has 0 aromatic heterocycles. The lowest BCUT2D eigenvalue weighted by atomic mass is 10.1. The number of amides is 1. The second-order valence-electron chi connectivity index (χ2n) is 7.33. The van der Waals surface area contributed by atoms with E-state index in [0.717, 1.165) is 48.8 Å². The number of ether oxygens (including phenoxy) is 1. The molecule has 0 unspecified atom stereocenters. The van der Waals surface area contributed by atoms with Crippen LogP contribution in [0.1, 0.15) is 42.7 Å². The molecule has 2 fully saturated rings. The number of likely N-dealkylation sites (tertiary alicyclic amines) is 1. The molecule has 4 nitrogen and oxygen atoms in total. The molecule has 4 heteroatoms. The Hall–Kier alpha value is -2.33. The van der Waals surface area contributed by atoms with Gasteiger partial charge in [0.15, 0.2) is 0 Å². The highest BCUT2D eigenvalue weighted by molar-refractivity contribution is 5.95. The van der Waals surface area contributed by atoms with E-state index in [9.17, 15) is 4.79 Å². The number of nitrogens with zero attached hydrogens (tertiary/aromatic N) is 1. The van der Waals surface area contributed by atoms with Gasteiger partial charge in [-0.05, 0) is 61.9 Å². The highest BCUT2D eigenvalue weighted by Crippen LogP contribution is 2.40. The van der Waals surface area contributed by atoms with Gasteiger partial charge in [0.05, 0.1) is 13.2 Å². The minimum absolute atomic E-state index is 0.0805. The zero-order valence-corrected chi connectivity index (χ0v) is 15.3. The molecule has 2 aliphatic rings. The average Bonchev–Trinajstić information content (AvgIpc) is 3.42. The van der Waals surface area contributed by atoms with Gasteiger partial charge < -0.3 is 10.1 Å². The fourth-order valence-corrected chi connectivity index (χ4v) is 3.85. The maximum atomic E-state index is 12.8. The van der Waals surface area contributed by atoms with Gasteiger partial charge in [-0.25, -0.2) is 0 Å². The van der Waals surface area contributed by atoms with Gasteiger partial charge in [0.25, 0.3) is 0 Å². The third-order valence-corrected chi connectivity index (χ3v) is 5.46. The largest absolute Gasteiger partial charge is 0.496 e. The third kappa shape index (κ3) is 3.75. The van der Waals surface area contributed by atoms with Crippen LogP contribution in [0.25, 0.3) is 0 Å². The lowest BCUT2D eigenvalue weighted by Crippen LogP contribution is -2.39. The van der Waals surface area contributed by atoms with Gasteiger partial charge in [-0.3, -0.25) is 9.69 Å². The Labute approximate surface area is 155 Å². The summed E-state index contributed by atoms with van der Waals surface area (Å²) in [6, 6.07) is 16.3. The number of nitrogens with one attached hydrogen (secondary N) is 1. The van der Waals surface area contributed by atoms with Gasteiger partial charge in [-0.1, -0.05) is 30.3 Å². The van der Waals surface area contributed by atoms with Crippen LogP contribution in [0.5, 0.6) is 5.75 Å². The van der Waals surface area contributed by atoms with Gasteiger partial charge in [0.1, 0.15) is 5.75 Å². The number of para-hydroxylation sites is 1. The Morgan fingerprint density at radius 3 is 2.62 bits per heavy atom. The Morgan fingerprint density at radius 2 is 1.88 bits per heavy atom. The van der Waals surface area contributed by atoms with Crippen molar-refractivity contribution in [2.24, 2.45) is 0 Å². The summed E-state index contributed by atoms with van der Waals surface area (Å²) in [5.74, 6) is 1.72. The van der Waals surface area contributed by atoms with E-state index in [2.05, 4.69) is 28.4 Å². The van der Waals surface area contributed by atoms with Crippen LogP contribution < -0.4 is 10.1 Å². The highest BCUT2D eigenvalue weighted by Gasteiger charge is 2.31. The number of hydrogen-bond acceptors (Lipinski definition) is 3. The molecule has 2 aromatic carbocycles. The van der Waals surface area contributed by atoms with Gasteiger partial charge in [-0.15, -0.1) is 0 Å². The second kappa shape index (κ2) is 7.50. The summed E-state index contributed by atoms with van der Waals surface area (Å²) in [6.07, 6.45) is 4.55. The summed E-state index contributed by atoms with van der Waals surface area (Å²) in [6.45, 7) is 1.68. The van der Waals surface area contributed by atoms with Crippen LogP contribution in [0.2, 0.25) is 0 Å². The lowest BCUT2D eigenvalue weighted by Gasteiger charge is -2.24. The maximum Gasteiger partial charge on any atom is 0.241 e. The first kappa shape index (κ1) is 17.1. The van der Waals surface area contributed by atoms with Gasteiger partial charge >= 0.3 is 0 Å². The highest BCUT2D eigenvalue weighted by atomic mass is 16.5. The molecule has 1 saturated heterocycles. The molecular formula is C22H26N2O2. The quantitative estimate of drug-likeness (QED) is 0.850. The summed E-state index contributed by atoms with van der Waals surface area (Å²) in [7, 11) is 1.69. The smallest absolute Gasteiger partial charge is 0.241 e. The lowest BCUT2D eigenvalue weighted by molar-refractivity contribution is -0.120. The number of benzene rings is 2. The van der Waals surface area contributed by atoms with E-state index in [1.54, 1.807) is 7.11 Å². The number of anilines is 1. The minimum atomic E-state index is -0.0805. The molecule has 0 spiro atoms. The summed E-state index contributed by atoms with van der Waals surface area (Å²) in [5, 5.41) is 3.10. The number of carbonyl (C=O) groups excluding carboxylic acids is 1. The zero-order chi connectivity index (χ0) is 17.9. The molecule has 2 aromatic rings. The number of carbonyl (C=O) groups is 1. The molecule has 26 heavy (non-hydrogen) atoms. The molecule has 136 valence electrons. The van der Waals surface area contributed by atoms with E-state index < -0.39 is 0 Å². The summed E-state index contributed by atoms with van der Waals surface area (Å²) < 4.78 is 5.46. The van der Waals surface area contributed by atoms with Crippen LogP contribution >= 0.6 is 0 Å². The third-order valence-electron chi connectivity index (χ3n) is 5.46. The molecule has 4 rings (SSSR count). The van der Waals surface area contributed by atoms with Crippen molar-refractivity contribution in [1.29, 1.82) is 0 Å². The number of hydrogen-bond donors (Lipinski definition) is 1. The molecule has 1 heterocycles. The van der Waals surface area contributed by atoms with Crippen LogP contribution in [0.4, 0.5) is 5.69 Å². The zero-order valence-electron chi connectivity index (χ0n) is 15.3. The van der Waals surface area contributed by atoms with Crippen molar-refractivity contribution in [2.45, 2.75) is 44.2 Å². The van der Waals surface area contributed by atoms with Crippen molar-refractivity contribution >= 4 is 11.6 Å². The van der Waals surface area contributed by atoms with Crippen LogP contribution in [0.15, 0.2) is 48.5 Å². The van der Waals surface area contributed by atoms with Crippen LogP contribution in [-0.2, 0) is 11.3 Å². The summed E-state index contributed by atoms with van der Waals surface area (Å²) in [4.78, 5) is 15.1. The second-order valence-corrected chi connectivity index (χ2v) is 7.33. The van der Waals surface area contributed by atoms with Crippen LogP contribution in [-0.4, -0.2) is 30.5 Å². The molecule has 1 atom stereocenters. The van der Waals surface area contributed by atoms with Gasteiger partial charge in [-0.2, -0.15) is 0 Å². The van der Waals surface area contributed by atoms with Crippen LogP contribution in [0, 0.1) is 0 Å².